The van der Waals surface area contributed by atoms with Crippen LogP contribution in [0, 0.1) is 0 Å². The van der Waals surface area contributed by atoms with Crippen LogP contribution in [0.15, 0.2) is 78.9 Å². The van der Waals surface area contributed by atoms with Gasteiger partial charge in [0.05, 0.1) is 26.2 Å². The van der Waals surface area contributed by atoms with Crippen molar-refractivity contribution in [2.75, 3.05) is 19.1 Å². The molecule has 1 fully saturated rings. The molecule has 136 valence electrons. The van der Waals surface area contributed by atoms with Crippen molar-refractivity contribution in [2.45, 2.75) is 12.0 Å². The topological polar surface area (TPSA) is 38.8 Å². The first kappa shape index (κ1) is 17.2. The Labute approximate surface area is 159 Å². The Bertz CT molecular complexity index is 920. The van der Waals surface area contributed by atoms with Crippen molar-refractivity contribution in [3.63, 3.8) is 0 Å². The third-order valence-corrected chi connectivity index (χ3v) is 5.06. The summed E-state index contributed by atoms with van der Waals surface area (Å²) in [6, 6.07) is 25.4. The minimum absolute atomic E-state index is 0.0563. The van der Waals surface area contributed by atoms with Gasteiger partial charge >= 0.3 is 0 Å². The van der Waals surface area contributed by atoms with E-state index in [1.165, 1.54) is 0 Å². The SMILES string of the molecule is COc1ccc([C@H]2[C@@H](c3ccccc3)C(=O)N2c2ccc(OC)cc2)cc1. The monoisotopic (exact) mass is 359 g/mol. The second-order valence-corrected chi connectivity index (χ2v) is 6.51. The van der Waals surface area contributed by atoms with Crippen LogP contribution >= 0.6 is 0 Å². The van der Waals surface area contributed by atoms with Gasteiger partial charge in [-0.2, -0.15) is 0 Å². The van der Waals surface area contributed by atoms with Gasteiger partial charge in [0.2, 0.25) is 5.91 Å². The fourth-order valence-corrected chi connectivity index (χ4v) is 3.65. The number of methoxy groups -OCH3 is 2. The molecule has 0 spiro atoms. The Morgan fingerprint density at radius 3 is 1.81 bits per heavy atom. The van der Waals surface area contributed by atoms with Crippen molar-refractivity contribution < 1.29 is 14.3 Å². The highest BCUT2D eigenvalue weighted by Crippen LogP contribution is 2.49. The normalized spacial score (nSPS) is 18.7. The number of hydrogen-bond acceptors (Lipinski definition) is 3. The van der Waals surface area contributed by atoms with E-state index in [1.807, 2.05) is 83.8 Å². The first-order valence-electron chi connectivity index (χ1n) is 8.89. The zero-order chi connectivity index (χ0) is 18.8. The summed E-state index contributed by atoms with van der Waals surface area (Å²) in [7, 11) is 3.29. The van der Waals surface area contributed by atoms with Crippen molar-refractivity contribution in [2.24, 2.45) is 0 Å². The summed E-state index contributed by atoms with van der Waals surface area (Å²) >= 11 is 0. The van der Waals surface area contributed by atoms with Crippen LogP contribution in [0.3, 0.4) is 0 Å². The highest BCUT2D eigenvalue weighted by molar-refractivity contribution is 6.06. The molecule has 0 bridgehead atoms. The number of hydrogen-bond donors (Lipinski definition) is 0. The van der Waals surface area contributed by atoms with E-state index in [0.717, 1.165) is 28.3 Å². The Kier molecular flexibility index (Phi) is 4.55. The molecule has 3 aromatic carbocycles. The number of ether oxygens (including phenoxy) is 2. The smallest absolute Gasteiger partial charge is 0.237 e. The summed E-state index contributed by atoms with van der Waals surface area (Å²) in [5.74, 6) is 1.48. The number of nitrogens with zero attached hydrogens (tertiary/aromatic N) is 1. The molecule has 0 aromatic heterocycles. The summed E-state index contributed by atoms with van der Waals surface area (Å²) < 4.78 is 10.5. The van der Waals surface area contributed by atoms with E-state index in [9.17, 15) is 4.79 Å². The maximum atomic E-state index is 13.1. The van der Waals surface area contributed by atoms with E-state index >= 15 is 0 Å². The summed E-state index contributed by atoms with van der Waals surface area (Å²) in [5, 5.41) is 0. The van der Waals surface area contributed by atoms with Crippen LogP contribution in [0.4, 0.5) is 5.69 Å². The largest absolute Gasteiger partial charge is 0.497 e. The van der Waals surface area contributed by atoms with Crippen molar-refractivity contribution in [3.8, 4) is 11.5 Å². The van der Waals surface area contributed by atoms with Gasteiger partial charge in [0.25, 0.3) is 0 Å². The molecule has 4 heteroatoms. The van der Waals surface area contributed by atoms with Crippen LogP contribution in [-0.4, -0.2) is 20.1 Å². The van der Waals surface area contributed by atoms with Crippen LogP contribution in [0.5, 0.6) is 11.5 Å². The number of anilines is 1. The number of amides is 1. The van der Waals surface area contributed by atoms with E-state index in [-0.39, 0.29) is 17.9 Å². The molecule has 4 rings (SSSR count). The number of β-lactam (4-membered cyclic amide) rings is 1. The lowest BCUT2D eigenvalue weighted by atomic mass is 9.77. The van der Waals surface area contributed by atoms with E-state index in [0.29, 0.717) is 0 Å². The predicted octanol–water partition coefficient (Wildman–Crippen LogP) is 4.58. The van der Waals surface area contributed by atoms with E-state index < -0.39 is 0 Å². The molecule has 0 N–H and O–H groups in total. The second kappa shape index (κ2) is 7.16. The lowest BCUT2D eigenvalue weighted by molar-refractivity contribution is -0.126. The zero-order valence-electron chi connectivity index (χ0n) is 15.3. The molecule has 1 amide bonds. The van der Waals surface area contributed by atoms with Gasteiger partial charge in [-0.25, -0.2) is 0 Å². The molecule has 1 heterocycles. The molecule has 3 aromatic rings. The Morgan fingerprint density at radius 2 is 1.26 bits per heavy atom. The number of rotatable bonds is 5. The molecule has 1 aliphatic heterocycles. The molecule has 1 saturated heterocycles. The standard InChI is InChI=1S/C23H21NO3/c1-26-19-12-8-17(9-13-19)22-21(16-6-4-3-5-7-16)23(25)24(22)18-10-14-20(27-2)15-11-18/h3-15,21-22H,1-2H3/t21-,22+/m1/s1. The molecule has 0 radical (unpaired) electrons. The molecule has 0 aliphatic carbocycles. The van der Waals surface area contributed by atoms with Crippen LogP contribution in [0.2, 0.25) is 0 Å². The van der Waals surface area contributed by atoms with E-state index in [4.69, 9.17) is 9.47 Å². The van der Waals surface area contributed by atoms with Gasteiger partial charge in [-0.05, 0) is 47.5 Å². The van der Waals surface area contributed by atoms with Gasteiger partial charge in [-0.3, -0.25) is 4.79 Å². The minimum Gasteiger partial charge on any atom is -0.497 e. The lowest BCUT2D eigenvalue weighted by Crippen LogP contribution is -2.53. The summed E-state index contributed by atoms with van der Waals surface area (Å²) in [5.41, 5.74) is 2.99. The summed E-state index contributed by atoms with van der Waals surface area (Å²) in [6.07, 6.45) is 0. The van der Waals surface area contributed by atoms with E-state index in [1.54, 1.807) is 14.2 Å². The van der Waals surface area contributed by atoms with Crippen molar-refractivity contribution >= 4 is 11.6 Å². The van der Waals surface area contributed by atoms with Gasteiger partial charge in [-0.1, -0.05) is 42.5 Å². The quantitative estimate of drug-likeness (QED) is 0.626. The number of benzene rings is 3. The first-order chi connectivity index (χ1) is 13.2. The Hall–Kier alpha value is -3.27. The highest BCUT2D eigenvalue weighted by Gasteiger charge is 2.49. The van der Waals surface area contributed by atoms with Crippen molar-refractivity contribution in [1.82, 2.24) is 0 Å². The summed E-state index contributed by atoms with van der Waals surface area (Å²) in [4.78, 5) is 15.0. The molecule has 0 unspecified atom stereocenters. The molecule has 4 nitrogen and oxygen atoms in total. The average Bonchev–Trinajstić information content (AvgIpc) is 2.73. The molecule has 0 saturated carbocycles. The molecular weight excluding hydrogens is 338 g/mol. The maximum absolute atomic E-state index is 13.1. The van der Waals surface area contributed by atoms with Crippen LogP contribution in [-0.2, 0) is 4.79 Å². The van der Waals surface area contributed by atoms with Crippen LogP contribution in [0.1, 0.15) is 23.1 Å². The molecular formula is C23H21NO3. The van der Waals surface area contributed by atoms with E-state index in [2.05, 4.69) is 0 Å². The van der Waals surface area contributed by atoms with Gasteiger partial charge in [-0.15, -0.1) is 0 Å². The Morgan fingerprint density at radius 1 is 0.704 bits per heavy atom. The summed E-state index contributed by atoms with van der Waals surface area (Å²) in [6.45, 7) is 0. The predicted molar refractivity (Wildman–Crippen MR) is 105 cm³/mol. The average molecular weight is 359 g/mol. The number of carbonyl (C=O) groups excluding carboxylic acids is 1. The van der Waals surface area contributed by atoms with Crippen molar-refractivity contribution in [3.05, 3.63) is 90.0 Å². The van der Waals surface area contributed by atoms with Crippen molar-refractivity contribution in [1.29, 1.82) is 0 Å². The molecule has 1 aliphatic rings. The Balaban J connectivity index is 1.73. The fraction of sp³-hybridized carbons (Fsp3) is 0.174. The van der Waals surface area contributed by atoms with Gasteiger partial charge in [0.15, 0.2) is 0 Å². The lowest BCUT2D eigenvalue weighted by Gasteiger charge is -2.47. The minimum atomic E-state index is -0.193. The zero-order valence-corrected chi connectivity index (χ0v) is 15.3. The molecule has 2 atom stereocenters. The third kappa shape index (κ3) is 3.04. The first-order valence-corrected chi connectivity index (χ1v) is 8.89. The third-order valence-electron chi connectivity index (χ3n) is 5.06. The second-order valence-electron chi connectivity index (χ2n) is 6.51. The van der Waals surface area contributed by atoms with Gasteiger partial charge < -0.3 is 14.4 Å². The fourth-order valence-electron chi connectivity index (χ4n) is 3.65. The maximum Gasteiger partial charge on any atom is 0.237 e. The van der Waals surface area contributed by atoms with Gasteiger partial charge in [0.1, 0.15) is 11.5 Å². The van der Waals surface area contributed by atoms with Gasteiger partial charge in [0, 0.05) is 5.69 Å². The highest BCUT2D eigenvalue weighted by atomic mass is 16.5. The molecule has 27 heavy (non-hydrogen) atoms. The number of carbonyl (C=O) groups is 1. The van der Waals surface area contributed by atoms with Crippen LogP contribution < -0.4 is 14.4 Å². The van der Waals surface area contributed by atoms with Crippen LogP contribution in [0.25, 0.3) is 0 Å².